The monoisotopic (exact) mass is 518 g/mol. The SMILES string of the molecule is CN=C(NCCc1c[nH]c2cc(F)ccc12)NCc1cccc(-n2cccn2)c1.I. The number of H-pyrrole nitrogens is 1. The molecule has 156 valence electrons. The maximum absolute atomic E-state index is 13.3. The molecular formula is C22H24FIN6. The third kappa shape index (κ3) is 5.18. The number of hydrogen-bond acceptors (Lipinski definition) is 2. The van der Waals surface area contributed by atoms with Crippen molar-refractivity contribution < 1.29 is 4.39 Å². The molecule has 0 unspecified atom stereocenters. The van der Waals surface area contributed by atoms with E-state index in [1.807, 2.05) is 41.3 Å². The minimum atomic E-state index is -0.231. The van der Waals surface area contributed by atoms with Crippen molar-refractivity contribution in [1.29, 1.82) is 0 Å². The Bertz CT molecular complexity index is 1120. The van der Waals surface area contributed by atoms with E-state index in [-0.39, 0.29) is 29.8 Å². The van der Waals surface area contributed by atoms with E-state index in [2.05, 4.69) is 37.8 Å². The van der Waals surface area contributed by atoms with E-state index in [4.69, 9.17) is 0 Å². The Morgan fingerprint density at radius 2 is 2.07 bits per heavy atom. The number of aromatic amines is 1. The standard InChI is InChI=1S/C22H23FN6.HI/c1-24-22(25-10-8-17-15-26-21-13-18(23)6-7-20(17)21)27-14-16-4-2-5-19(12-16)29-11-3-9-28-29;/h2-7,9,11-13,15,26H,8,10,14H2,1H3,(H2,24,25,27);1H. The van der Waals surface area contributed by atoms with Gasteiger partial charge in [-0.15, -0.1) is 24.0 Å². The first-order valence-corrected chi connectivity index (χ1v) is 9.52. The van der Waals surface area contributed by atoms with Gasteiger partial charge in [-0.2, -0.15) is 5.10 Å². The molecule has 0 bridgehead atoms. The summed E-state index contributed by atoms with van der Waals surface area (Å²) in [5.74, 6) is 0.505. The lowest BCUT2D eigenvalue weighted by Gasteiger charge is -2.12. The van der Waals surface area contributed by atoms with Gasteiger partial charge in [0.05, 0.1) is 5.69 Å². The molecule has 0 fully saturated rings. The third-order valence-corrected chi connectivity index (χ3v) is 4.78. The predicted molar refractivity (Wildman–Crippen MR) is 129 cm³/mol. The van der Waals surface area contributed by atoms with Gasteiger partial charge in [0.25, 0.3) is 0 Å². The lowest BCUT2D eigenvalue weighted by atomic mass is 10.1. The molecule has 6 nitrogen and oxygen atoms in total. The van der Waals surface area contributed by atoms with E-state index in [9.17, 15) is 4.39 Å². The van der Waals surface area contributed by atoms with E-state index < -0.39 is 0 Å². The number of nitrogens with one attached hydrogen (secondary N) is 3. The summed E-state index contributed by atoms with van der Waals surface area (Å²) in [4.78, 5) is 7.41. The first-order chi connectivity index (χ1) is 14.2. The number of nitrogens with zero attached hydrogens (tertiary/aromatic N) is 3. The Balaban J connectivity index is 0.00000256. The second-order valence-electron chi connectivity index (χ2n) is 6.73. The fourth-order valence-corrected chi connectivity index (χ4v) is 3.32. The summed E-state index contributed by atoms with van der Waals surface area (Å²) in [5.41, 5.74) is 4.13. The lowest BCUT2D eigenvalue weighted by molar-refractivity contribution is 0.629. The highest BCUT2D eigenvalue weighted by molar-refractivity contribution is 14.0. The summed E-state index contributed by atoms with van der Waals surface area (Å²) >= 11 is 0. The summed E-state index contributed by atoms with van der Waals surface area (Å²) < 4.78 is 15.2. The lowest BCUT2D eigenvalue weighted by Crippen LogP contribution is -2.37. The Labute approximate surface area is 191 Å². The summed E-state index contributed by atoms with van der Waals surface area (Å²) in [6.45, 7) is 1.37. The van der Waals surface area contributed by atoms with Crippen LogP contribution in [0, 0.1) is 5.82 Å². The van der Waals surface area contributed by atoms with Crippen LogP contribution in [-0.2, 0) is 13.0 Å². The van der Waals surface area contributed by atoms with Gasteiger partial charge in [-0.25, -0.2) is 9.07 Å². The number of rotatable bonds is 6. The maximum atomic E-state index is 13.3. The number of hydrogen-bond donors (Lipinski definition) is 3. The van der Waals surface area contributed by atoms with Gasteiger partial charge in [-0.1, -0.05) is 12.1 Å². The highest BCUT2D eigenvalue weighted by Crippen LogP contribution is 2.19. The fraction of sp³-hybridized carbons (Fsp3) is 0.182. The fourth-order valence-electron chi connectivity index (χ4n) is 3.32. The number of aliphatic imine (C=N–C) groups is 1. The number of halogens is 2. The largest absolute Gasteiger partial charge is 0.361 e. The number of fused-ring (bicyclic) bond motifs is 1. The van der Waals surface area contributed by atoms with Gasteiger partial charge in [-0.3, -0.25) is 4.99 Å². The van der Waals surface area contributed by atoms with Crippen molar-refractivity contribution in [2.75, 3.05) is 13.6 Å². The molecule has 4 rings (SSSR count). The van der Waals surface area contributed by atoms with E-state index in [0.29, 0.717) is 6.54 Å². The molecule has 30 heavy (non-hydrogen) atoms. The van der Waals surface area contributed by atoms with Crippen molar-refractivity contribution in [3.8, 4) is 5.69 Å². The average Bonchev–Trinajstić information content (AvgIpc) is 3.41. The van der Waals surface area contributed by atoms with Crippen LogP contribution >= 0.6 is 24.0 Å². The van der Waals surface area contributed by atoms with Crippen LogP contribution < -0.4 is 10.6 Å². The summed E-state index contributed by atoms with van der Waals surface area (Å²) in [6, 6.07) is 14.9. The molecular weight excluding hydrogens is 494 g/mol. The van der Waals surface area contributed by atoms with E-state index in [1.165, 1.54) is 12.1 Å². The Morgan fingerprint density at radius 1 is 1.17 bits per heavy atom. The van der Waals surface area contributed by atoms with Crippen LogP contribution in [0.4, 0.5) is 4.39 Å². The van der Waals surface area contributed by atoms with Crippen molar-refractivity contribution in [3.05, 3.63) is 84.1 Å². The van der Waals surface area contributed by atoms with Gasteiger partial charge >= 0.3 is 0 Å². The third-order valence-electron chi connectivity index (χ3n) is 4.78. The molecule has 0 spiro atoms. The van der Waals surface area contributed by atoms with Gasteiger partial charge in [0.2, 0.25) is 0 Å². The Hall–Kier alpha value is -2.88. The molecule has 0 aliphatic carbocycles. The smallest absolute Gasteiger partial charge is 0.191 e. The minimum Gasteiger partial charge on any atom is -0.361 e. The van der Waals surface area contributed by atoms with Crippen LogP contribution in [0.2, 0.25) is 0 Å². The van der Waals surface area contributed by atoms with Gasteiger partial charge < -0.3 is 15.6 Å². The predicted octanol–water partition coefficient (Wildman–Crippen LogP) is 4.02. The Kier molecular flexibility index (Phi) is 7.45. The van der Waals surface area contributed by atoms with E-state index >= 15 is 0 Å². The van der Waals surface area contributed by atoms with Gasteiger partial charge in [0.15, 0.2) is 5.96 Å². The summed E-state index contributed by atoms with van der Waals surface area (Å²) in [6.07, 6.45) is 6.43. The molecule has 4 aromatic rings. The summed E-state index contributed by atoms with van der Waals surface area (Å²) in [7, 11) is 1.75. The van der Waals surface area contributed by atoms with Crippen LogP contribution in [0.3, 0.4) is 0 Å². The molecule has 0 saturated heterocycles. The van der Waals surface area contributed by atoms with Crippen molar-refractivity contribution in [1.82, 2.24) is 25.4 Å². The van der Waals surface area contributed by atoms with E-state index in [1.54, 1.807) is 13.2 Å². The van der Waals surface area contributed by atoms with Gasteiger partial charge in [0, 0.05) is 49.6 Å². The van der Waals surface area contributed by atoms with Gasteiger partial charge in [-0.05, 0) is 53.9 Å². The van der Waals surface area contributed by atoms with Crippen LogP contribution in [0.25, 0.3) is 16.6 Å². The molecule has 2 heterocycles. The van der Waals surface area contributed by atoms with Crippen LogP contribution in [0.5, 0.6) is 0 Å². The number of guanidine groups is 1. The topological polar surface area (TPSA) is 70.0 Å². The molecule has 8 heteroatoms. The zero-order chi connectivity index (χ0) is 20.1. The zero-order valence-corrected chi connectivity index (χ0v) is 18.9. The molecule has 0 aliphatic heterocycles. The van der Waals surface area contributed by atoms with Crippen molar-refractivity contribution in [3.63, 3.8) is 0 Å². The highest BCUT2D eigenvalue weighted by Gasteiger charge is 2.06. The minimum absolute atomic E-state index is 0. The number of benzene rings is 2. The highest BCUT2D eigenvalue weighted by atomic mass is 127. The summed E-state index contributed by atoms with van der Waals surface area (Å²) in [5, 5.41) is 12.0. The van der Waals surface area contributed by atoms with Crippen LogP contribution in [0.15, 0.2) is 72.1 Å². The molecule has 0 amide bonds. The van der Waals surface area contributed by atoms with Gasteiger partial charge in [0.1, 0.15) is 5.82 Å². The first kappa shape index (κ1) is 21.8. The average molecular weight is 518 g/mol. The van der Waals surface area contributed by atoms with Crippen molar-refractivity contribution in [2.24, 2.45) is 4.99 Å². The van der Waals surface area contributed by atoms with Crippen LogP contribution in [0.1, 0.15) is 11.1 Å². The molecule has 2 aromatic carbocycles. The first-order valence-electron chi connectivity index (χ1n) is 9.52. The second-order valence-corrected chi connectivity index (χ2v) is 6.73. The quantitative estimate of drug-likeness (QED) is 0.205. The molecule has 2 aromatic heterocycles. The molecule has 3 N–H and O–H groups in total. The van der Waals surface area contributed by atoms with Crippen molar-refractivity contribution >= 4 is 40.8 Å². The second kappa shape index (κ2) is 10.2. The molecule has 0 aliphatic rings. The number of aromatic nitrogens is 3. The van der Waals surface area contributed by atoms with E-state index in [0.717, 1.165) is 46.6 Å². The Morgan fingerprint density at radius 3 is 2.87 bits per heavy atom. The molecule has 0 radical (unpaired) electrons. The molecule has 0 atom stereocenters. The zero-order valence-electron chi connectivity index (χ0n) is 16.6. The van der Waals surface area contributed by atoms with Crippen LogP contribution in [-0.4, -0.2) is 34.3 Å². The normalized spacial score (nSPS) is 11.3. The molecule has 0 saturated carbocycles. The maximum Gasteiger partial charge on any atom is 0.191 e. The van der Waals surface area contributed by atoms with Crippen molar-refractivity contribution in [2.45, 2.75) is 13.0 Å².